The lowest BCUT2D eigenvalue weighted by atomic mass is 9.96. The van der Waals surface area contributed by atoms with E-state index in [0.717, 1.165) is 41.9 Å². The summed E-state index contributed by atoms with van der Waals surface area (Å²) in [4.78, 5) is 15.2. The van der Waals surface area contributed by atoms with Gasteiger partial charge in [0.2, 0.25) is 0 Å². The van der Waals surface area contributed by atoms with Gasteiger partial charge in [0.15, 0.2) is 5.78 Å². The maximum Gasteiger partial charge on any atom is 0.193 e. The Kier molecular flexibility index (Phi) is 5.19. The van der Waals surface area contributed by atoms with Crippen LogP contribution in [-0.2, 0) is 6.54 Å². The zero-order valence-electron chi connectivity index (χ0n) is 13.8. The zero-order valence-corrected chi connectivity index (χ0v) is 14.7. The van der Waals surface area contributed by atoms with Crippen LogP contribution in [0.2, 0.25) is 0 Å². The Morgan fingerprint density at radius 3 is 2.43 bits per heavy atom. The predicted octanol–water partition coefficient (Wildman–Crippen LogP) is 4.08. The fourth-order valence-electron chi connectivity index (χ4n) is 2.93. The molecule has 1 aliphatic rings. The van der Waals surface area contributed by atoms with Crippen LogP contribution in [0.15, 0.2) is 42.5 Å². The van der Waals surface area contributed by atoms with Crippen molar-refractivity contribution in [2.24, 2.45) is 0 Å². The molecule has 0 unspecified atom stereocenters. The molecule has 1 heterocycles. The number of thioether (sulfide) groups is 1. The second kappa shape index (κ2) is 7.33. The van der Waals surface area contributed by atoms with Crippen LogP contribution < -0.4 is 0 Å². The summed E-state index contributed by atoms with van der Waals surface area (Å²) in [5.74, 6) is 2.57. The number of nitrogens with zero attached hydrogens (tertiary/aromatic N) is 1. The van der Waals surface area contributed by atoms with Gasteiger partial charge in [-0.15, -0.1) is 0 Å². The summed E-state index contributed by atoms with van der Waals surface area (Å²) in [5.41, 5.74) is 5.11. The van der Waals surface area contributed by atoms with Crippen molar-refractivity contribution in [2.45, 2.75) is 20.4 Å². The third kappa shape index (κ3) is 3.85. The summed E-state index contributed by atoms with van der Waals surface area (Å²) in [6.07, 6.45) is 0. The van der Waals surface area contributed by atoms with Crippen molar-refractivity contribution in [2.75, 3.05) is 24.6 Å². The number of hydrogen-bond acceptors (Lipinski definition) is 3. The smallest absolute Gasteiger partial charge is 0.193 e. The molecule has 2 aromatic rings. The molecule has 2 nitrogen and oxygen atoms in total. The van der Waals surface area contributed by atoms with Crippen LogP contribution in [0.4, 0.5) is 0 Å². The first-order valence-electron chi connectivity index (χ1n) is 8.15. The first-order chi connectivity index (χ1) is 11.1. The molecule has 1 saturated heterocycles. The molecule has 23 heavy (non-hydrogen) atoms. The minimum atomic E-state index is 0.118. The Labute approximate surface area is 142 Å². The number of rotatable bonds is 4. The highest BCUT2D eigenvalue weighted by molar-refractivity contribution is 7.99. The number of aryl methyl sites for hydroxylation is 1. The van der Waals surface area contributed by atoms with Gasteiger partial charge in [0.1, 0.15) is 0 Å². The van der Waals surface area contributed by atoms with Gasteiger partial charge in [-0.05, 0) is 30.5 Å². The van der Waals surface area contributed by atoms with E-state index >= 15 is 0 Å². The van der Waals surface area contributed by atoms with Gasteiger partial charge < -0.3 is 0 Å². The van der Waals surface area contributed by atoms with E-state index in [1.165, 1.54) is 17.1 Å². The van der Waals surface area contributed by atoms with Crippen LogP contribution in [0.5, 0.6) is 0 Å². The molecule has 3 heteroatoms. The average Bonchev–Trinajstić information content (AvgIpc) is 2.58. The summed E-state index contributed by atoms with van der Waals surface area (Å²) in [6.45, 7) is 7.37. The van der Waals surface area contributed by atoms with Crippen molar-refractivity contribution in [1.82, 2.24) is 4.90 Å². The van der Waals surface area contributed by atoms with Crippen molar-refractivity contribution >= 4 is 17.5 Å². The van der Waals surface area contributed by atoms with E-state index in [-0.39, 0.29) is 5.78 Å². The van der Waals surface area contributed by atoms with E-state index in [4.69, 9.17) is 0 Å². The molecule has 0 spiro atoms. The van der Waals surface area contributed by atoms with Crippen LogP contribution in [0.3, 0.4) is 0 Å². The van der Waals surface area contributed by atoms with Gasteiger partial charge in [-0.2, -0.15) is 11.8 Å². The highest BCUT2D eigenvalue weighted by Gasteiger charge is 2.14. The van der Waals surface area contributed by atoms with E-state index in [0.29, 0.717) is 0 Å². The Bertz CT molecular complexity index is 687. The van der Waals surface area contributed by atoms with Crippen molar-refractivity contribution < 1.29 is 4.79 Å². The Hall–Kier alpha value is -1.58. The first-order valence-corrected chi connectivity index (χ1v) is 9.30. The van der Waals surface area contributed by atoms with Gasteiger partial charge in [-0.25, -0.2) is 0 Å². The molecule has 2 aromatic carbocycles. The van der Waals surface area contributed by atoms with E-state index in [9.17, 15) is 4.79 Å². The molecule has 0 bridgehead atoms. The van der Waals surface area contributed by atoms with Crippen molar-refractivity contribution in [3.05, 3.63) is 70.3 Å². The lowest BCUT2D eigenvalue weighted by Gasteiger charge is -2.26. The van der Waals surface area contributed by atoms with Gasteiger partial charge in [-0.1, -0.05) is 42.5 Å². The first kappa shape index (κ1) is 16.3. The van der Waals surface area contributed by atoms with Gasteiger partial charge in [0.25, 0.3) is 0 Å². The molecule has 120 valence electrons. The highest BCUT2D eigenvalue weighted by Crippen LogP contribution is 2.18. The number of hydrogen-bond donors (Lipinski definition) is 0. The topological polar surface area (TPSA) is 20.3 Å². The number of benzene rings is 2. The summed E-state index contributed by atoms with van der Waals surface area (Å²) in [5, 5.41) is 0. The van der Waals surface area contributed by atoms with E-state index < -0.39 is 0 Å². The molecule has 0 aliphatic carbocycles. The second-order valence-corrected chi connectivity index (χ2v) is 7.39. The van der Waals surface area contributed by atoms with E-state index in [2.05, 4.69) is 17.0 Å². The average molecular weight is 325 g/mol. The molecule has 0 saturated carbocycles. The zero-order chi connectivity index (χ0) is 16.2. The van der Waals surface area contributed by atoms with Gasteiger partial charge in [0, 0.05) is 42.3 Å². The fraction of sp³-hybridized carbons (Fsp3) is 0.350. The summed E-state index contributed by atoms with van der Waals surface area (Å²) < 4.78 is 0. The standard InChI is InChI=1S/C20H23NOS/c1-15-4-3-5-19(16(15)2)20(22)18-8-6-17(7-9-18)14-21-10-12-23-13-11-21/h3-9H,10-14H2,1-2H3. The highest BCUT2D eigenvalue weighted by atomic mass is 32.2. The summed E-state index contributed by atoms with van der Waals surface area (Å²) in [6, 6.07) is 14.1. The van der Waals surface area contributed by atoms with Crippen LogP contribution in [0, 0.1) is 13.8 Å². The van der Waals surface area contributed by atoms with Crippen LogP contribution in [0.25, 0.3) is 0 Å². The number of carbonyl (C=O) groups excluding carboxylic acids is 1. The quantitative estimate of drug-likeness (QED) is 0.790. The second-order valence-electron chi connectivity index (χ2n) is 6.16. The van der Waals surface area contributed by atoms with Crippen LogP contribution >= 0.6 is 11.8 Å². The van der Waals surface area contributed by atoms with Crippen molar-refractivity contribution in [3.8, 4) is 0 Å². The normalized spacial score (nSPS) is 15.6. The van der Waals surface area contributed by atoms with E-state index in [1.54, 1.807) is 0 Å². The molecule has 0 amide bonds. The molecule has 0 aromatic heterocycles. The fourth-order valence-corrected chi connectivity index (χ4v) is 3.91. The maximum absolute atomic E-state index is 12.7. The number of ketones is 1. The van der Waals surface area contributed by atoms with Crippen molar-refractivity contribution in [1.29, 1.82) is 0 Å². The third-order valence-corrected chi connectivity index (χ3v) is 5.52. The van der Waals surface area contributed by atoms with Crippen LogP contribution in [-0.4, -0.2) is 35.3 Å². The molecule has 1 aliphatic heterocycles. The SMILES string of the molecule is Cc1cccc(C(=O)c2ccc(CN3CCSCC3)cc2)c1C. The Morgan fingerprint density at radius 1 is 1.04 bits per heavy atom. The van der Waals surface area contributed by atoms with Crippen LogP contribution in [0.1, 0.15) is 32.6 Å². The Morgan fingerprint density at radius 2 is 1.74 bits per heavy atom. The van der Waals surface area contributed by atoms with E-state index in [1.807, 2.05) is 55.9 Å². The Balaban J connectivity index is 1.73. The molecule has 0 atom stereocenters. The van der Waals surface area contributed by atoms with Gasteiger partial charge >= 0.3 is 0 Å². The lowest BCUT2D eigenvalue weighted by Crippen LogP contribution is -2.31. The molecule has 0 N–H and O–H groups in total. The molecular formula is C20H23NOS. The molecule has 0 radical (unpaired) electrons. The summed E-state index contributed by atoms with van der Waals surface area (Å²) in [7, 11) is 0. The van der Waals surface area contributed by atoms with Crippen molar-refractivity contribution in [3.63, 3.8) is 0 Å². The summed E-state index contributed by atoms with van der Waals surface area (Å²) >= 11 is 2.03. The number of carbonyl (C=O) groups is 1. The minimum Gasteiger partial charge on any atom is -0.297 e. The molecular weight excluding hydrogens is 302 g/mol. The molecule has 1 fully saturated rings. The predicted molar refractivity (Wildman–Crippen MR) is 98.4 cm³/mol. The monoisotopic (exact) mass is 325 g/mol. The maximum atomic E-state index is 12.7. The lowest BCUT2D eigenvalue weighted by molar-refractivity contribution is 0.103. The van der Waals surface area contributed by atoms with Gasteiger partial charge in [-0.3, -0.25) is 9.69 Å². The molecule has 3 rings (SSSR count). The largest absolute Gasteiger partial charge is 0.297 e. The van der Waals surface area contributed by atoms with Gasteiger partial charge in [0.05, 0.1) is 0 Å². The minimum absolute atomic E-state index is 0.118. The third-order valence-electron chi connectivity index (χ3n) is 4.58.